The summed E-state index contributed by atoms with van der Waals surface area (Å²) >= 11 is 0. The van der Waals surface area contributed by atoms with E-state index in [1.165, 1.54) is 29.6 Å². The number of rotatable bonds is 7. The number of nitrogens with zero attached hydrogens (tertiary/aromatic N) is 5. The van der Waals surface area contributed by atoms with E-state index in [4.69, 9.17) is 0 Å². The first-order chi connectivity index (χ1) is 20.9. The summed E-state index contributed by atoms with van der Waals surface area (Å²) in [4.78, 5) is 22.3. The van der Waals surface area contributed by atoms with Crippen LogP contribution in [0, 0.1) is 11.2 Å². The monoisotopic (exact) mass is 627 g/mol. The topological polar surface area (TPSA) is 97.5 Å². The molecule has 2 fully saturated rings. The van der Waals surface area contributed by atoms with Gasteiger partial charge in [0.2, 0.25) is 0 Å². The van der Waals surface area contributed by atoms with Crippen LogP contribution in [0.4, 0.5) is 17.6 Å². The lowest BCUT2D eigenvalue weighted by Gasteiger charge is -2.46. The fraction of sp³-hybridized carbons (Fsp3) is 0.355. The molecular formula is C31H29F4N5O3S. The average Bonchev–Trinajstić information content (AvgIpc) is 3.74. The van der Waals surface area contributed by atoms with Crippen LogP contribution in [0.2, 0.25) is 0 Å². The van der Waals surface area contributed by atoms with Crippen molar-refractivity contribution in [1.82, 2.24) is 19.1 Å². The van der Waals surface area contributed by atoms with Crippen molar-refractivity contribution >= 4 is 26.9 Å². The number of allylic oxidation sites excluding steroid dienone is 1. The minimum absolute atomic E-state index is 0.103. The predicted molar refractivity (Wildman–Crippen MR) is 156 cm³/mol. The highest BCUT2D eigenvalue weighted by Crippen LogP contribution is 2.52. The third-order valence-electron chi connectivity index (χ3n) is 8.67. The first kappa shape index (κ1) is 30.1. The number of hydrogen-bond acceptors (Lipinski definition) is 6. The molecular weight excluding hydrogens is 598 g/mol. The molecule has 0 spiro atoms. The van der Waals surface area contributed by atoms with E-state index in [2.05, 4.69) is 21.7 Å². The fourth-order valence-corrected chi connectivity index (χ4v) is 8.30. The van der Waals surface area contributed by atoms with Gasteiger partial charge in [0.15, 0.2) is 10.8 Å². The minimum atomic E-state index is -4.62. The Morgan fingerprint density at radius 2 is 1.84 bits per heavy atom. The molecule has 3 aliphatic carbocycles. The normalized spacial score (nSPS) is 22.3. The van der Waals surface area contributed by atoms with Crippen LogP contribution in [0.1, 0.15) is 59.4 Å². The van der Waals surface area contributed by atoms with Gasteiger partial charge in [-0.1, -0.05) is 12.2 Å². The van der Waals surface area contributed by atoms with E-state index in [-0.39, 0.29) is 29.6 Å². The van der Waals surface area contributed by atoms with Gasteiger partial charge in [-0.05, 0) is 92.6 Å². The van der Waals surface area contributed by atoms with Crippen molar-refractivity contribution in [3.05, 3.63) is 95.4 Å². The number of fused-ring (bicyclic) bond motifs is 2. The molecule has 0 saturated heterocycles. The maximum Gasteiger partial charge on any atom is 0.417 e. The van der Waals surface area contributed by atoms with Gasteiger partial charge in [-0.2, -0.15) is 22.6 Å². The number of benzene rings is 1. The summed E-state index contributed by atoms with van der Waals surface area (Å²) in [7, 11) is -2.65. The second-order valence-corrected chi connectivity index (χ2v) is 13.1. The largest absolute Gasteiger partial charge is 0.417 e. The maximum atomic E-state index is 14.4. The lowest BCUT2D eigenvalue weighted by atomic mass is 9.60. The van der Waals surface area contributed by atoms with Gasteiger partial charge in [-0.25, -0.2) is 17.5 Å². The maximum absolute atomic E-state index is 14.4. The van der Waals surface area contributed by atoms with Gasteiger partial charge in [0.25, 0.3) is 10.0 Å². The van der Waals surface area contributed by atoms with Crippen LogP contribution in [-0.4, -0.2) is 57.4 Å². The van der Waals surface area contributed by atoms with Crippen LogP contribution in [0.5, 0.6) is 0 Å². The number of aliphatic imine (C=N–C) groups is 1. The Labute approximate surface area is 251 Å². The van der Waals surface area contributed by atoms with E-state index < -0.39 is 44.8 Å². The lowest BCUT2D eigenvalue weighted by Crippen LogP contribution is -2.52. The third kappa shape index (κ3) is 5.11. The predicted octanol–water partition coefficient (Wildman–Crippen LogP) is 5.80. The molecule has 0 radical (unpaired) electrons. The van der Waals surface area contributed by atoms with Gasteiger partial charge in [-0.15, -0.1) is 0 Å². The van der Waals surface area contributed by atoms with E-state index in [1.54, 1.807) is 23.0 Å². The number of carbonyl (C=O) groups is 1. The summed E-state index contributed by atoms with van der Waals surface area (Å²) in [5, 5.41) is 4.33. The van der Waals surface area contributed by atoms with Gasteiger partial charge in [-0.3, -0.25) is 14.8 Å². The van der Waals surface area contributed by atoms with Crippen LogP contribution < -0.4 is 0 Å². The van der Waals surface area contributed by atoms with Crippen LogP contribution in [0.25, 0.3) is 11.8 Å². The number of pyridine rings is 1. The summed E-state index contributed by atoms with van der Waals surface area (Å²) in [5.41, 5.74) is 0.342. The van der Waals surface area contributed by atoms with Gasteiger partial charge >= 0.3 is 6.18 Å². The highest BCUT2D eigenvalue weighted by molar-refractivity contribution is 8.04. The fourth-order valence-electron chi connectivity index (χ4n) is 6.47. The number of hydrogen-bond donors (Lipinski definition) is 0. The Hall–Kier alpha value is -3.97. The molecule has 0 bridgehead atoms. The quantitative estimate of drug-likeness (QED) is 0.143. The van der Waals surface area contributed by atoms with Crippen LogP contribution in [-0.2, 0) is 22.6 Å². The van der Waals surface area contributed by atoms with Crippen molar-refractivity contribution in [2.75, 3.05) is 7.05 Å². The summed E-state index contributed by atoms with van der Waals surface area (Å²) in [6.45, 7) is 3.62. The van der Waals surface area contributed by atoms with E-state index >= 15 is 0 Å². The molecule has 3 aliphatic rings. The van der Waals surface area contributed by atoms with E-state index in [1.807, 2.05) is 6.08 Å². The molecule has 2 aromatic heterocycles. The Balaban J connectivity index is 1.45. The van der Waals surface area contributed by atoms with Crippen molar-refractivity contribution in [1.29, 1.82) is 0 Å². The van der Waals surface area contributed by atoms with Gasteiger partial charge < -0.3 is 0 Å². The lowest BCUT2D eigenvalue weighted by molar-refractivity contribution is -0.137. The number of alkyl halides is 3. The summed E-state index contributed by atoms with van der Waals surface area (Å²) in [6.07, 6.45) is 3.05. The van der Waals surface area contributed by atoms with Crippen molar-refractivity contribution in [2.24, 2.45) is 10.4 Å². The highest BCUT2D eigenvalue weighted by atomic mass is 32.2. The molecule has 0 aliphatic heterocycles. The SMILES string of the molecule is C=C/C(=N\C)S(=O)(=O)N(C1CC1)[C@H]1CCC2=Cc3c(cnn3-c3ccc(F)cc3)C[C@]2(C(=O)c2ccc(C(F)(F)F)cn2)C1. The molecule has 2 atom stereocenters. The molecule has 0 N–H and O–H groups in total. The van der Waals surface area contributed by atoms with Crippen molar-refractivity contribution in [3.8, 4) is 5.69 Å². The molecule has 1 aromatic carbocycles. The summed E-state index contributed by atoms with van der Waals surface area (Å²) < 4.78 is 84.1. The minimum Gasteiger partial charge on any atom is -0.291 e. The van der Waals surface area contributed by atoms with Gasteiger partial charge in [0.05, 0.1) is 28.6 Å². The van der Waals surface area contributed by atoms with Gasteiger partial charge in [0.1, 0.15) is 11.5 Å². The molecule has 44 heavy (non-hydrogen) atoms. The number of halogens is 4. The number of sulfonamides is 1. The number of Topliss-reactive ketones (excluding diaryl/α,β-unsaturated/α-hetero) is 1. The zero-order chi connectivity index (χ0) is 31.4. The van der Waals surface area contributed by atoms with Crippen molar-refractivity contribution in [3.63, 3.8) is 0 Å². The first-order valence-corrected chi connectivity index (χ1v) is 15.6. The molecule has 2 saturated carbocycles. The average molecular weight is 628 g/mol. The molecule has 0 amide bonds. The smallest absolute Gasteiger partial charge is 0.291 e. The van der Waals surface area contributed by atoms with Crippen LogP contribution in [0.15, 0.2) is 72.0 Å². The van der Waals surface area contributed by atoms with E-state index in [0.29, 0.717) is 48.8 Å². The van der Waals surface area contributed by atoms with Crippen molar-refractivity contribution in [2.45, 2.75) is 56.8 Å². The zero-order valence-corrected chi connectivity index (χ0v) is 24.6. The standard InChI is InChI=1S/C31H29F4N5O3S/c1-3-28(36-2)44(42,43)40(24-11-12-24)25-8-4-20-14-27-19(17-38-39(27)23-9-6-22(32)7-10-23)15-30(20,16-25)29(41)26-13-5-21(18-37-26)31(33,34)35/h3,5-7,9-10,13-14,17-18,24-25H,1,4,8,11-12,15-16H2,2H3/b36-28+/t25-,30-/m0/s1. The number of aromatic nitrogens is 3. The van der Waals surface area contributed by atoms with Crippen LogP contribution in [0.3, 0.4) is 0 Å². The molecule has 13 heteroatoms. The Morgan fingerprint density at radius 1 is 1.11 bits per heavy atom. The highest BCUT2D eigenvalue weighted by Gasteiger charge is 2.54. The molecule has 8 nitrogen and oxygen atoms in total. The summed E-state index contributed by atoms with van der Waals surface area (Å²) in [5.74, 6) is -0.883. The second-order valence-electron chi connectivity index (χ2n) is 11.4. The molecule has 3 aromatic rings. The molecule has 0 unspecified atom stereocenters. The third-order valence-corrected chi connectivity index (χ3v) is 10.7. The Morgan fingerprint density at radius 3 is 2.43 bits per heavy atom. The summed E-state index contributed by atoms with van der Waals surface area (Å²) in [6, 6.07) is 6.89. The van der Waals surface area contributed by atoms with Crippen molar-refractivity contribution < 1.29 is 30.8 Å². The van der Waals surface area contributed by atoms with Crippen LogP contribution >= 0.6 is 0 Å². The molecule has 6 rings (SSSR count). The Bertz CT molecular complexity index is 1790. The van der Waals surface area contributed by atoms with E-state index in [0.717, 1.165) is 17.7 Å². The zero-order valence-electron chi connectivity index (χ0n) is 23.8. The van der Waals surface area contributed by atoms with Gasteiger partial charge in [0, 0.05) is 25.3 Å². The second kappa shape index (κ2) is 10.9. The number of carbonyl (C=O) groups excluding carboxylic acids is 1. The molecule has 2 heterocycles. The molecule has 230 valence electrons. The first-order valence-electron chi connectivity index (χ1n) is 14.1. The van der Waals surface area contributed by atoms with E-state index in [9.17, 15) is 30.8 Å². The Kier molecular flexibility index (Phi) is 7.44. The number of ketones is 1.